The van der Waals surface area contributed by atoms with Crippen molar-refractivity contribution >= 4 is 33.4 Å². The molecule has 0 radical (unpaired) electrons. The van der Waals surface area contributed by atoms with Crippen molar-refractivity contribution in [1.29, 1.82) is 0 Å². The zero-order valence-corrected chi connectivity index (χ0v) is 19.9. The first-order valence-electron chi connectivity index (χ1n) is 10.5. The van der Waals surface area contributed by atoms with Gasteiger partial charge in [-0.1, -0.05) is 43.0 Å². The van der Waals surface area contributed by atoms with Crippen molar-refractivity contribution in [3.8, 4) is 11.5 Å². The summed E-state index contributed by atoms with van der Waals surface area (Å²) < 4.78 is 38.7. The lowest BCUT2D eigenvalue weighted by Gasteiger charge is -2.21. The Morgan fingerprint density at radius 2 is 1.70 bits per heavy atom. The van der Waals surface area contributed by atoms with Gasteiger partial charge in [-0.25, -0.2) is 13.1 Å². The summed E-state index contributed by atoms with van der Waals surface area (Å²) in [5.74, 6) is 0.759. The van der Waals surface area contributed by atoms with Gasteiger partial charge in [0.1, 0.15) is 13.2 Å². The lowest BCUT2D eigenvalue weighted by atomic mass is 10.1. The number of rotatable bonds is 7. The highest BCUT2D eigenvalue weighted by molar-refractivity contribution is 7.99. The molecule has 7 nitrogen and oxygen atoms in total. The first kappa shape index (κ1) is 23.2. The highest BCUT2D eigenvalue weighted by Gasteiger charge is 2.21. The summed E-state index contributed by atoms with van der Waals surface area (Å²) in [4.78, 5) is 15.1. The van der Waals surface area contributed by atoms with Crippen LogP contribution in [0.25, 0.3) is 0 Å². The van der Waals surface area contributed by atoms with E-state index in [1.54, 1.807) is 26.0 Å². The minimum Gasteiger partial charge on any atom is -0.486 e. The molecule has 0 fully saturated rings. The summed E-state index contributed by atoms with van der Waals surface area (Å²) in [7, 11) is -3.69. The number of nitrogens with one attached hydrogen (secondary N) is 2. The highest BCUT2D eigenvalue weighted by atomic mass is 32.2. The molecule has 0 atom stereocenters. The van der Waals surface area contributed by atoms with Crippen molar-refractivity contribution in [2.45, 2.75) is 28.5 Å². The maximum Gasteiger partial charge on any atom is 0.256 e. The van der Waals surface area contributed by atoms with E-state index in [1.807, 2.05) is 36.4 Å². The van der Waals surface area contributed by atoms with Gasteiger partial charge >= 0.3 is 0 Å². The molecule has 1 heterocycles. The Morgan fingerprint density at radius 1 is 1.00 bits per heavy atom. The van der Waals surface area contributed by atoms with Gasteiger partial charge in [0.05, 0.1) is 10.6 Å². The molecule has 1 aliphatic heterocycles. The van der Waals surface area contributed by atoms with Crippen molar-refractivity contribution in [3.63, 3.8) is 0 Å². The normalized spacial score (nSPS) is 12.9. The van der Waals surface area contributed by atoms with Crippen LogP contribution in [0.5, 0.6) is 11.5 Å². The van der Waals surface area contributed by atoms with E-state index in [4.69, 9.17) is 9.47 Å². The molecule has 0 aromatic heterocycles. The van der Waals surface area contributed by atoms with Gasteiger partial charge in [0.2, 0.25) is 10.0 Å². The highest BCUT2D eigenvalue weighted by Crippen LogP contribution is 2.42. The number of carbonyl (C=O) groups is 1. The average Bonchev–Trinajstić information content (AvgIpc) is 2.80. The van der Waals surface area contributed by atoms with Crippen molar-refractivity contribution in [1.82, 2.24) is 4.72 Å². The van der Waals surface area contributed by atoms with Crippen LogP contribution in [-0.4, -0.2) is 34.1 Å². The topological polar surface area (TPSA) is 93.7 Å². The Morgan fingerprint density at radius 3 is 2.39 bits per heavy atom. The van der Waals surface area contributed by atoms with Crippen molar-refractivity contribution in [2.75, 3.05) is 25.1 Å². The molecule has 0 saturated carbocycles. The van der Waals surface area contributed by atoms with Gasteiger partial charge in [-0.3, -0.25) is 4.79 Å². The van der Waals surface area contributed by atoms with E-state index in [0.29, 0.717) is 36.0 Å². The van der Waals surface area contributed by atoms with Crippen LogP contribution in [0.1, 0.15) is 22.8 Å². The first-order valence-corrected chi connectivity index (χ1v) is 12.8. The SMILES string of the molecule is CCNS(=O)(=O)c1ccc(C)c(C(=O)Nc2cc3c(cc2Sc2ccccc2)OCCO3)c1. The lowest BCUT2D eigenvalue weighted by Crippen LogP contribution is -2.24. The molecule has 2 N–H and O–H groups in total. The molecule has 9 heteroatoms. The maximum atomic E-state index is 13.2. The molecule has 1 amide bonds. The van der Waals surface area contributed by atoms with Crippen LogP contribution in [0.4, 0.5) is 5.69 Å². The number of anilines is 1. The summed E-state index contributed by atoms with van der Waals surface area (Å²) in [6, 6.07) is 17.9. The lowest BCUT2D eigenvalue weighted by molar-refractivity contribution is 0.102. The third kappa shape index (κ3) is 5.32. The summed E-state index contributed by atoms with van der Waals surface area (Å²) >= 11 is 1.49. The summed E-state index contributed by atoms with van der Waals surface area (Å²) in [5, 5.41) is 2.94. The minimum atomic E-state index is -3.69. The van der Waals surface area contributed by atoms with Crippen LogP contribution >= 0.6 is 11.8 Å². The van der Waals surface area contributed by atoms with E-state index in [0.717, 1.165) is 9.79 Å². The minimum absolute atomic E-state index is 0.0427. The number of hydrogen-bond acceptors (Lipinski definition) is 6. The summed E-state index contributed by atoms with van der Waals surface area (Å²) in [6.45, 7) is 4.61. The Hall–Kier alpha value is -3.01. The standard InChI is InChI=1S/C24H24N2O5S2/c1-3-25-33(28,29)18-10-9-16(2)19(13-18)24(27)26-20-14-21-22(31-12-11-30-21)15-23(20)32-17-7-5-4-6-8-17/h4-10,13-15,25H,3,11-12H2,1-2H3,(H,26,27). The maximum absolute atomic E-state index is 13.2. The van der Waals surface area contributed by atoms with Gasteiger partial charge in [-0.05, 0) is 36.8 Å². The summed E-state index contributed by atoms with van der Waals surface area (Å²) in [5.41, 5.74) is 1.50. The molecule has 172 valence electrons. The fraction of sp³-hybridized carbons (Fsp3) is 0.208. The Balaban J connectivity index is 1.69. The van der Waals surface area contributed by atoms with E-state index in [9.17, 15) is 13.2 Å². The number of sulfonamides is 1. The number of hydrogen-bond donors (Lipinski definition) is 2. The molecule has 0 spiro atoms. The smallest absolute Gasteiger partial charge is 0.256 e. The van der Waals surface area contributed by atoms with Gasteiger partial charge in [0.25, 0.3) is 5.91 Å². The second-order valence-corrected chi connectivity index (χ2v) is 10.2. The third-order valence-electron chi connectivity index (χ3n) is 4.96. The van der Waals surface area contributed by atoms with Crippen LogP contribution < -0.4 is 19.5 Å². The number of fused-ring (bicyclic) bond motifs is 1. The number of aryl methyl sites for hydroxylation is 1. The number of amides is 1. The Bertz CT molecular complexity index is 1280. The molecule has 1 aliphatic rings. The van der Waals surface area contributed by atoms with Gasteiger partial charge < -0.3 is 14.8 Å². The number of carbonyl (C=O) groups excluding carboxylic acids is 1. The second kappa shape index (κ2) is 9.86. The van der Waals surface area contributed by atoms with E-state index >= 15 is 0 Å². The Kier molecular flexibility index (Phi) is 6.92. The average molecular weight is 485 g/mol. The molecule has 0 unspecified atom stereocenters. The van der Waals surface area contributed by atoms with Crippen LogP contribution in [0.2, 0.25) is 0 Å². The second-order valence-electron chi connectivity index (χ2n) is 7.34. The van der Waals surface area contributed by atoms with E-state index in [-0.39, 0.29) is 17.0 Å². The number of ether oxygens (including phenoxy) is 2. The molecule has 0 aliphatic carbocycles. The van der Waals surface area contributed by atoms with Gasteiger partial charge in [0, 0.05) is 34.0 Å². The van der Waals surface area contributed by atoms with Gasteiger partial charge in [-0.15, -0.1) is 0 Å². The molecule has 4 rings (SSSR count). The summed E-state index contributed by atoms with van der Waals surface area (Å²) in [6.07, 6.45) is 0. The van der Waals surface area contributed by atoms with Gasteiger partial charge in [-0.2, -0.15) is 0 Å². The fourth-order valence-electron chi connectivity index (χ4n) is 3.34. The van der Waals surface area contributed by atoms with E-state index < -0.39 is 15.9 Å². The van der Waals surface area contributed by atoms with E-state index in [1.165, 1.54) is 23.9 Å². The molecule has 0 saturated heterocycles. The third-order valence-corrected chi connectivity index (χ3v) is 7.57. The predicted octanol–water partition coefficient (Wildman–Crippen LogP) is 4.47. The van der Waals surface area contributed by atoms with Crippen LogP contribution in [0.15, 0.2) is 75.4 Å². The Labute approximate surface area is 197 Å². The zero-order chi connectivity index (χ0) is 23.4. The molecular weight excluding hydrogens is 460 g/mol. The van der Waals surface area contributed by atoms with Crippen LogP contribution in [0, 0.1) is 6.92 Å². The van der Waals surface area contributed by atoms with Crippen LogP contribution in [0.3, 0.4) is 0 Å². The monoisotopic (exact) mass is 484 g/mol. The predicted molar refractivity (Wildman–Crippen MR) is 128 cm³/mol. The first-order chi connectivity index (χ1) is 15.9. The fourth-order valence-corrected chi connectivity index (χ4v) is 5.34. The van der Waals surface area contributed by atoms with Gasteiger partial charge in [0.15, 0.2) is 11.5 Å². The van der Waals surface area contributed by atoms with Crippen molar-refractivity contribution < 1.29 is 22.7 Å². The van der Waals surface area contributed by atoms with E-state index in [2.05, 4.69) is 10.0 Å². The van der Waals surface area contributed by atoms with Crippen molar-refractivity contribution in [3.05, 3.63) is 71.8 Å². The molecule has 33 heavy (non-hydrogen) atoms. The molecule has 0 bridgehead atoms. The molecular formula is C24H24N2O5S2. The zero-order valence-electron chi connectivity index (χ0n) is 18.3. The largest absolute Gasteiger partial charge is 0.486 e. The quantitative estimate of drug-likeness (QED) is 0.514. The van der Waals surface area contributed by atoms with Crippen molar-refractivity contribution in [2.24, 2.45) is 0 Å². The molecule has 3 aromatic carbocycles. The molecule has 3 aromatic rings. The number of benzene rings is 3. The van der Waals surface area contributed by atoms with Crippen LogP contribution in [-0.2, 0) is 10.0 Å².